The second-order valence-electron chi connectivity index (χ2n) is 7.76. The fourth-order valence-electron chi connectivity index (χ4n) is 3.87. The highest BCUT2D eigenvalue weighted by Gasteiger charge is 2.18. The molecule has 1 aliphatic rings. The Morgan fingerprint density at radius 3 is 2.21 bits per heavy atom. The van der Waals surface area contributed by atoms with Gasteiger partial charge in [0, 0.05) is 41.6 Å². The molecule has 0 unspecified atom stereocenters. The lowest BCUT2D eigenvalue weighted by Crippen LogP contribution is -2.38. The lowest BCUT2D eigenvalue weighted by molar-refractivity contribution is -0.134. The van der Waals surface area contributed by atoms with Gasteiger partial charge in [0.1, 0.15) is 5.75 Å². The molecule has 0 aliphatic heterocycles. The summed E-state index contributed by atoms with van der Waals surface area (Å²) in [7, 11) is 1.63. The molecule has 8 nitrogen and oxygen atoms in total. The lowest BCUT2D eigenvalue weighted by atomic mass is 9.95. The SMILES string of the molecule is COc1c(C(=O)NCCNC2CCCCC2)cc(SC)c2ccccc12.O=C(O)/C=C\C(=O)O. The van der Waals surface area contributed by atoms with E-state index in [1.54, 1.807) is 18.9 Å². The quantitative estimate of drug-likeness (QED) is 0.238. The molecule has 4 N–H and O–H groups in total. The van der Waals surface area contributed by atoms with Crippen molar-refractivity contribution in [3.8, 4) is 5.75 Å². The number of nitrogens with one attached hydrogen (secondary N) is 2. The smallest absolute Gasteiger partial charge is 0.328 e. The van der Waals surface area contributed by atoms with Gasteiger partial charge in [-0.3, -0.25) is 4.79 Å². The standard InChI is InChI=1S/C21H28N2O2S.C4H4O4/c1-25-20-17-11-7-6-10-16(17)19(26-2)14-18(20)21(24)23-13-12-22-15-8-4-3-5-9-15;5-3(6)1-2-4(7)8/h6-7,10-11,14-15,22H,3-5,8-9,12-13H2,1-2H3,(H,23,24);1-2H,(H,5,6)(H,7,8)/b;2-1-. The maximum Gasteiger partial charge on any atom is 0.328 e. The Bertz CT molecular complexity index is 1000. The van der Waals surface area contributed by atoms with E-state index in [-0.39, 0.29) is 5.91 Å². The van der Waals surface area contributed by atoms with Crippen molar-refractivity contribution in [2.45, 2.75) is 43.0 Å². The molecular formula is C25H32N2O6S. The Morgan fingerprint density at radius 1 is 1.03 bits per heavy atom. The largest absolute Gasteiger partial charge is 0.495 e. The van der Waals surface area contributed by atoms with Gasteiger partial charge >= 0.3 is 11.9 Å². The van der Waals surface area contributed by atoms with Crippen LogP contribution in [0.2, 0.25) is 0 Å². The van der Waals surface area contributed by atoms with E-state index < -0.39 is 11.9 Å². The summed E-state index contributed by atoms with van der Waals surface area (Å²) in [6, 6.07) is 10.6. The number of carboxylic acid groups (broad SMARTS) is 2. The van der Waals surface area contributed by atoms with Gasteiger partial charge in [-0.25, -0.2) is 9.59 Å². The Hall–Kier alpha value is -3.04. The zero-order valence-corrected chi connectivity index (χ0v) is 20.3. The van der Waals surface area contributed by atoms with E-state index in [0.717, 1.165) is 22.2 Å². The van der Waals surface area contributed by atoms with Gasteiger partial charge in [-0.15, -0.1) is 11.8 Å². The number of carbonyl (C=O) groups excluding carboxylic acids is 1. The Balaban J connectivity index is 0.000000440. The number of hydrogen-bond acceptors (Lipinski definition) is 6. The van der Waals surface area contributed by atoms with Crippen molar-refractivity contribution in [2.24, 2.45) is 0 Å². The zero-order chi connectivity index (χ0) is 24.9. The van der Waals surface area contributed by atoms with Crippen LogP contribution < -0.4 is 15.4 Å². The first-order chi connectivity index (χ1) is 16.4. The summed E-state index contributed by atoms with van der Waals surface area (Å²) in [5, 5.41) is 24.3. The molecule has 0 aromatic heterocycles. The number of thioether (sulfide) groups is 1. The molecule has 2 aromatic carbocycles. The molecule has 1 fully saturated rings. The van der Waals surface area contributed by atoms with E-state index in [1.807, 2.05) is 30.5 Å². The molecule has 1 aliphatic carbocycles. The van der Waals surface area contributed by atoms with E-state index in [9.17, 15) is 14.4 Å². The molecule has 1 saturated carbocycles. The second kappa shape index (κ2) is 14.3. The van der Waals surface area contributed by atoms with Crippen molar-refractivity contribution in [3.63, 3.8) is 0 Å². The lowest BCUT2D eigenvalue weighted by Gasteiger charge is -2.23. The van der Waals surface area contributed by atoms with Crippen LogP contribution in [-0.4, -0.2) is 60.6 Å². The third kappa shape index (κ3) is 8.39. The highest BCUT2D eigenvalue weighted by molar-refractivity contribution is 7.98. The van der Waals surface area contributed by atoms with E-state index in [0.29, 0.717) is 36.1 Å². The van der Waals surface area contributed by atoms with Crippen molar-refractivity contribution in [1.82, 2.24) is 10.6 Å². The molecule has 9 heteroatoms. The van der Waals surface area contributed by atoms with Crippen molar-refractivity contribution < 1.29 is 29.3 Å². The Morgan fingerprint density at radius 2 is 1.65 bits per heavy atom. The summed E-state index contributed by atoms with van der Waals surface area (Å²) in [5.41, 5.74) is 0.605. The number of aliphatic carboxylic acids is 2. The van der Waals surface area contributed by atoms with Crippen LogP contribution in [0, 0.1) is 0 Å². The van der Waals surface area contributed by atoms with Crippen LogP contribution in [0.1, 0.15) is 42.5 Å². The van der Waals surface area contributed by atoms with E-state index in [1.165, 1.54) is 32.1 Å². The number of ether oxygens (including phenoxy) is 1. The maximum absolute atomic E-state index is 12.8. The normalized spacial score (nSPS) is 13.8. The highest BCUT2D eigenvalue weighted by Crippen LogP contribution is 2.36. The molecule has 34 heavy (non-hydrogen) atoms. The molecular weight excluding hydrogens is 456 g/mol. The fourth-order valence-corrected chi connectivity index (χ4v) is 4.50. The number of amides is 1. The summed E-state index contributed by atoms with van der Waals surface area (Å²) in [4.78, 5) is 33.0. The molecule has 0 radical (unpaired) electrons. The van der Waals surface area contributed by atoms with Crippen LogP contribution >= 0.6 is 11.8 Å². The third-order valence-corrected chi connectivity index (χ3v) is 6.22. The predicted molar refractivity (Wildman–Crippen MR) is 134 cm³/mol. The zero-order valence-electron chi connectivity index (χ0n) is 19.5. The minimum Gasteiger partial charge on any atom is -0.495 e. The average Bonchev–Trinajstić information content (AvgIpc) is 2.85. The van der Waals surface area contributed by atoms with Gasteiger partial charge < -0.3 is 25.6 Å². The van der Waals surface area contributed by atoms with Crippen LogP contribution in [0.15, 0.2) is 47.4 Å². The van der Waals surface area contributed by atoms with Crippen LogP contribution in [-0.2, 0) is 9.59 Å². The number of carbonyl (C=O) groups is 3. The first-order valence-electron chi connectivity index (χ1n) is 11.2. The summed E-state index contributed by atoms with van der Waals surface area (Å²) in [6.07, 6.45) is 9.64. The molecule has 2 aromatic rings. The maximum atomic E-state index is 12.8. The van der Waals surface area contributed by atoms with Gasteiger partial charge in [-0.1, -0.05) is 43.5 Å². The van der Waals surface area contributed by atoms with Gasteiger partial charge in [-0.05, 0) is 30.6 Å². The molecule has 3 rings (SSSR count). The summed E-state index contributed by atoms with van der Waals surface area (Å²) in [6.45, 7) is 1.43. The van der Waals surface area contributed by atoms with Gasteiger partial charge in [0.05, 0.1) is 12.7 Å². The first kappa shape index (κ1) is 27.2. The third-order valence-electron chi connectivity index (χ3n) is 5.44. The molecule has 0 bridgehead atoms. The minimum absolute atomic E-state index is 0.0756. The van der Waals surface area contributed by atoms with Crippen LogP contribution in [0.5, 0.6) is 5.75 Å². The first-order valence-corrected chi connectivity index (χ1v) is 12.4. The van der Waals surface area contributed by atoms with Crippen LogP contribution in [0.4, 0.5) is 0 Å². The number of carboxylic acids is 2. The second-order valence-corrected chi connectivity index (χ2v) is 8.61. The highest BCUT2D eigenvalue weighted by atomic mass is 32.2. The van der Waals surface area contributed by atoms with Gasteiger partial charge in [0.25, 0.3) is 5.91 Å². The number of fused-ring (bicyclic) bond motifs is 1. The predicted octanol–water partition coefficient (Wildman–Crippen LogP) is 3.93. The molecule has 184 valence electrons. The van der Waals surface area contributed by atoms with Crippen molar-refractivity contribution in [1.29, 1.82) is 0 Å². The number of benzene rings is 2. The monoisotopic (exact) mass is 488 g/mol. The summed E-state index contributed by atoms with van der Waals surface area (Å²) in [5.74, 6) is -1.94. The molecule has 0 spiro atoms. The van der Waals surface area contributed by atoms with Gasteiger partial charge in [0.15, 0.2) is 0 Å². The average molecular weight is 489 g/mol. The fraction of sp³-hybridized carbons (Fsp3) is 0.400. The van der Waals surface area contributed by atoms with Crippen molar-refractivity contribution in [3.05, 3.63) is 48.0 Å². The van der Waals surface area contributed by atoms with E-state index in [4.69, 9.17) is 14.9 Å². The van der Waals surface area contributed by atoms with Crippen LogP contribution in [0.3, 0.4) is 0 Å². The molecule has 1 amide bonds. The van der Waals surface area contributed by atoms with Crippen LogP contribution in [0.25, 0.3) is 10.8 Å². The van der Waals surface area contributed by atoms with Gasteiger partial charge in [0.2, 0.25) is 0 Å². The topological polar surface area (TPSA) is 125 Å². The Kier molecular flexibility index (Phi) is 11.4. The van der Waals surface area contributed by atoms with E-state index >= 15 is 0 Å². The van der Waals surface area contributed by atoms with Crippen molar-refractivity contribution in [2.75, 3.05) is 26.5 Å². The minimum atomic E-state index is -1.26. The Labute approximate surface area is 203 Å². The molecule has 0 saturated heterocycles. The molecule has 0 atom stereocenters. The summed E-state index contributed by atoms with van der Waals surface area (Å²) < 4.78 is 5.60. The van der Waals surface area contributed by atoms with E-state index in [2.05, 4.69) is 16.7 Å². The van der Waals surface area contributed by atoms with Crippen molar-refractivity contribution >= 4 is 40.4 Å². The molecule has 0 heterocycles. The van der Waals surface area contributed by atoms with Gasteiger partial charge in [-0.2, -0.15) is 0 Å². The summed E-state index contributed by atoms with van der Waals surface area (Å²) >= 11 is 1.65. The number of methoxy groups -OCH3 is 1. The number of hydrogen-bond donors (Lipinski definition) is 4. The number of rotatable bonds is 9.